The molecule has 0 radical (unpaired) electrons. The van der Waals surface area contributed by atoms with Gasteiger partial charge in [-0.3, -0.25) is 4.99 Å². The number of aromatic nitrogens is 1. The molecule has 0 aliphatic carbocycles. The molecule has 1 N–H and O–H groups in total. The van der Waals surface area contributed by atoms with Crippen LogP contribution in [0.5, 0.6) is 5.75 Å². The molecule has 1 heterocycles. The Kier molecular flexibility index (Phi) is 3.79. The minimum Gasteiger partial charge on any atom is -0.508 e. The first kappa shape index (κ1) is 14.1. The SMILES string of the molecule is Cc1ccc(N=Cc2cccn2-c2ccc(O)cc2)cc1C. The van der Waals surface area contributed by atoms with Gasteiger partial charge in [0.15, 0.2) is 0 Å². The molecule has 0 unspecified atom stereocenters. The second-order valence-electron chi connectivity index (χ2n) is 5.35. The van der Waals surface area contributed by atoms with Gasteiger partial charge in [0.1, 0.15) is 5.75 Å². The normalized spacial score (nSPS) is 11.2. The summed E-state index contributed by atoms with van der Waals surface area (Å²) in [6, 6.07) is 17.3. The lowest BCUT2D eigenvalue weighted by atomic mass is 10.1. The van der Waals surface area contributed by atoms with Gasteiger partial charge in [-0.15, -0.1) is 0 Å². The molecule has 0 aliphatic rings. The van der Waals surface area contributed by atoms with Crippen molar-refractivity contribution in [2.24, 2.45) is 4.99 Å². The molecule has 2 aromatic carbocycles. The summed E-state index contributed by atoms with van der Waals surface area (Å²) in [6.07, 6.45) is 3.84. The molecule has 0 amide bonds. The van der Waals surface area contributed by atoms with Gasteiger partial charge < -0.3 is 9.67 Å². The molecule has 0 atom stereocenters. The second-order valence-corrected chi connectivity index (χ2v) is 5.35. The summed E-state index contributed by atoms with van der Waals surface area (Å²) in [4.78, 5) is 4.56. The van der Waals surface area contributed by atoms with Crippen LogP contribution in [-0.2, 0) is 0 Å². The summed E-state index contributed by atoms with van der Waals surface area (Å²) in [5, 5.41) is 9.39. The highest BCUT2D eigenvalue weighted by atomic mass is 16.3. The van der Waals surface area contributed by atoms with Gasteiger partial charge in [-0.25, -0.2) is 0 Å². The molecule has 0 saturated heterocycles. The van der Waals surface area contributed by atoms with Crippen molar-refractivity contribution in [2.45, 2.75) is 13.8 Å². The Labute approximate surface area is 130 Å². The lowest BCUT2D eigenvalue weighted by molar-refractivity contribution is 0.475. The van der Waals surface area contributed by atoms with Gasteiger partial charge in [0.05, 0.1) is 17.6 Å². The van der Waals surface area contributed by atoms with Crippen molar-refractivity contribution in [1.82, 2.24) is 4.57 Å². The third-order valence-corrected chi connectivity index (χ3v) is 3.74. The van der Waals surface area contributed by atoms with Crippen LogP contribution in [0.15, 0.2) is 65.8 Å². The van der Waals surface area contributed by atoms with Crippen molar-refractivity contribution in [3.8, 4) is 11.4 Å². The van der Waals surface area contributed by atoms with Crippen LogP contribution in [0.1, 0.15) is 16.8 Å². The zero-order valence-electron chi connectivity index (χ0n) is 12.7. The first-order valence-corrected chi connectivity index (χ1v) is 7.21. The first-order valence-electron chi connectivity index (χ1n) is 7.21. The number of benzene rings is 2. The molecule has 1 aromatic heterocycles. The van der Waals surface area contributed by atoms with Crippen LogP contribution in [0.4, 0.5) is 5.69 Å². The van der Waals surface area contributed by atoms with E-state index in [0.717, 1.165) is 17.1 Å². The van der Waals surface area contributed by atoms with E-state index in [0.29, 0.717) is 0 Å². The van der Waals surface area contributed by atoms with Crippen molar-refractivity contribution in [1.29, 1.82) is 0 Å². The number of aryl methyl sites for hydroxylation is 2. The highest BCUT2D eigenvalue weighted by Crippen LogP contribution is 2.19. The van der Waals surface area contributed by atoms with Gasteiger partial charge in [-0.1, -0.05) is 6.07 Å². The summed E-state index contributed by atoms with van der Waals surface area (Å²) in [6.45, 7) is 4.19. The summed E-state index contributed by atoms with van der Waals surface area (Å²) in [5.74, 6) is 0.265. The second kappa shape index (κ2) is 5.90. The molecule has 3 heteroatoms. The summed E-state index contributed by atoms with van der Waals surface area (Å²) >= 11 is 0. The predicted molar refractivity (Wildman–Crippen MR) is 90.6 cm³/mol. The minimum atomic E-state index is 0.265. The van der Waals surface area contributed by atoms with Gasteiger partial charge in [-0.05, 0) is 73.5 Å². The molecule has 0 aliphatic heterocycles. The maximum Gasteiger partial charge on any atom is 0.115 e. The standard InChI is InChI=1S/C19H18N2O/c1-14-5-6-16(12-15(14)2)20-13-18-4-3-11-21(18)17-7-9-19(22)10-8-17/h3-13,22H,1-2H3. The van der Waals surface area contributed by atoms with Crippen molar-refractivity contribution in [3.63, 3.8) is 0 Å². The van der Waals surface area contributed by atoms with E-state index in [9.17, 15) is 5.11 Å². The Bertz CT molecular complexity index is 814. The van der Waals surface area contributed by atoms with Gasteiger partial charge in [0, 0.05) is 11.9 Å². The molecule has 3 nitrogen and oxygen atoms in total. The van der Waals surface area contributed by atoms with E-state index in [1.807, 2.05) is 47.3 Å². The van der Waals surface area contributed by atoms with E-state index in [1.54, 1.807) is 12.1 Å². The van der Waals surface area contributed by atoms with E-state index in [4.69, 9.17) is 0 Å². The van der Waals surface area contributed by atoms with Crippen molar-refractivity contribution < 1.29 is 5.11 Å². The largest absolute Gasteiger partial charge is 0.508 e. The molecule has 3 rings (SSSR count). The number of phenolic OH excluding ortho intramolecular Hbond substituents is 1. The number of nitrogens with zero attached hydrogens (tertiary/aromatic N) is 2. The molecular weight excluding hydrogens is 272 g/mol. The van der Waals surface area contributed by atoms with Crippen LogP contribution in [-0.4, -0.2) is 15.9 Å². The van der Waals surface area contributed by atoms with E-state index in [2.05, 4.69) is 31.0 Å². The molecule has 0 fully saturated rings. The third kappa shape index (κ3) is 2.93. The molecule has 0 saturated carbocycles. The molecule has 110 valence electrons. The Morgan fingerprint density at radius 1 is 0.955 bits per heavy atom. The van der Waals surface area contributed by atoms with Crippen LogP contribution in [0.25, 0.3) is 5.69 Å². The summed E-state index contributed by atoms with van der Waals surface area (Å²) in [7, 11) is 0. The average molecular weight is 290 g/mol. The van der Waals surface area contributed by atoms with Gasteiger partial charge >= 0.3 is 0 Å². The Balaban J connectivity index is 1.90. The lowest BCUT2D eigenvalue weighted by Crippen LogP contribution is -1.97. The minimum absolute atomic E-state index is 0.265. The zero-order chi connectivity index (χ0) is 15.5. The predicted octanol–water partition coefficient (Wildman–Crippen LogP) is 4.55. The Morgan fingerprint density at radius 2 is 1.73 bits per heavy atom. The topological polar surface area (TPSA) is 37.5 Å². The van der Waals surface area contributed by atoms with Crippen LogP contribution < -0.4 is 0 Å². The molecule has 22 heavy (non-hydrogen) atoms. The van der Waals surface area contributed by atoms with Crippen molar-refractivity contribution in [3.05, 3.63) is 77.6 Å². The Hall–Kier alpha value is -2.81. The highest BCUT2D eigenvalue weighted by molar-refractivity contribution is 5.81. The smallest absolute Gasteiger partial charge is 0.115 e. The maximum absolute atomic E-state index is 9.39. The lowest BCUT2D eigenvalue weighted by Gasteiger charge is -2.06. The van der Waals surface area contributed by atoms with Crippen LogP contribution >= 0.6 is 0 Å². The molecule has 0 bridgehead atoms. The zero-order valence-corrected chi connectivity index (χ0v) is 12.7. The number of hydrogen-bond acceptors (Lipinski definition) is 2. The molecular formula is C19H18N2O. The number of hydrogen-bond donors (Lipinski definition) is 1. The van der Waals surface area contributed by atoms with E-state index < -0.39 is 0 Å². The molecule has 0 spiro atoms. The van der Waals surface area contributed by atoms with E-state index >= 15 is 0 Å². The Morgan fingerprint density at radius 3 is 2.45 bits per heavy atom. The monoisotopic (exact) mass is 290 g/mol. The van der Waals surface area contributed by atoms with Crippen LogP contribution in [0.3, 0.4) is 0 Å². The van der Waals surface area contributed by atoms with Crippen LogP contribution in [0, 0.1) is 13.8 Å². The first-order chi connectivity index (χ1) is 10.6. The van der Waals surface area contributed by atoms with Crippen molar-refractivity contribution in [2.75, 3.05) is 0 Å². The van der Waals surface area contributed by atoms with Crippen molar-refractivity contribution >= 4 is 11.9 Å². The number of aliphatic imine (C=N–C) groups is 1. The number of aromatic hydroxyl groups is 1. The quantitative estimate of drug-likeness (QED) is 0.706. The van der Waals surface area contributed by atoms with Gasteiger partial charge in [-0.2, -0.15) is 0 Å². The summed E-state index contributed by atoms with van der Waals surface area (Å²) < 4.78 is 2.03. The average Bonchev–Trinajstić information content (AvgIpc) is 2.98. The summed E-state index contributed by atoms with van der Waals surface area (Å²) in [5.41, 5.74) is 5.43. The van der Waals surface area contributed by atoms with Crippen LogP contribution in [0.2, 0.25) is 0 Å². The fourth-order valence-electron chi connectivity index (χ4n) is 2.29. The fourth-order valence-corrected chi connectivity index (χ4v) is 2.29. The van der Waals surface area contributed by atoms with Gasteiger partial charge in [0.2, 0.25) is 0 Å². The van der Waals surface area contributed by atoms with Gasteiger partial charge in [0.25, 0.3) is 0 Å². The third-order valence-electron chi connectivity index (χ3n) is 3.74. The number of rotatable bonds is 3. The highest BCUT2D eigenvalue weighted by Gasteiger charge is 2.01. The van der Waals surface area contributed by atoms with E-state index in [1.165, 1.54) is 11.1 Å². The maximum atomic E-state index is 9.39. The van der Waals surface area contributed by atoms with E-state index in [-0.39, 0.29) is 5.75 Å². The number of phenols is 1. The fraction of sp³-hybridized carbons (Fsp3) is 0.105. The molecule has 3 aromatic rings.